The Labute approximate surface area is 166 Å². The maximum atomic E-state index is 12.1. The first-order valence-corrected chi connectivity index (χ1v) is 8.68. The van der Waals surface area contributed by atoms with Crippen LogP contribution in [0.5, 0.6) is 0 Å². The number of esters is 1. The smallest absolute Gasteiger partial charge is 0.326 e. The first kappa shape index (κ1) is 20.7. The van der Waals surface area contributed by atoms with Gasteiger partial charge in [-0.25, -0.2) is 4.98 Å². The Balaban J connectivity index is 1.83. The Morgan fingerprint density at radius 1 is 1.22 bits per heavy atom. The zero-order valence-corrected chi connectivity index (χ0v) is 16.1. The number of rotatable bonds is 6. The van der Waals surface area contributed by atoms with Gasteiger partial charge in [-0.2, -0.15) is 0 Å². The molecule has 7 nitrogen and oxygen atoms in total. The molecule has 0 unspecified atom stereocenters. The predicted molar refractivity (Wildman–Crippen MR) is 102 cm³/mol. The lowest BCUT2D eigenvalue weighted by molar-refractivity contribution is -0.152. The minimum absolute atomic E-state index is 0.0988. The van der Waals surface area contributed by atoms with E-state index in [1.165, 1.54) is 19.2 Å². The summed E-state index contributed by atoms with van der Waals surface area (Å²) in [5, 5.41) is 5.35. The van der Waals surface area contributed by atoms with Gasteiger partial charge in [0.2, 0.25) is 0 Å². The summed E-state index contributed by atoms with van der Waals surface area (Å²) in [7, 11) is 0. The lowest BCUT2D eigenvalue weighted by atomic mass is 10.1. The summed E-state index contributed by atoms with van der Waals surface area (Å²) < 4.78 is 5.00. The molecule has 0 aliphatic rings. The van der Waals surface area contributed by atoms with Crippen LogP contribution in [-0.2, 0) is 14.3 Å². The van der Waals surface area contributed by atoms with Gasteiger partial charge in [0.25, 0.3) is 11.8 Å². The standard InChI is InChI=1S/C18H17Cl2N3O4/c1-10-4-3-5-12(6-10)18(26)22-9-15(24)27-11(2)17(25)23-16-14(20)7-13(19)8-21-16/h3-8,11H,9H2,1-2H3,(H,22,26)(H,21,23,25)/t11-/m1/s1. The van der Waals surface area contributed by atoms with Gasteiger partial charge in [0.05, 0.1) is 10.0 Å². The summed E-state index contributed by atoms with van der Waals surface area (Å²) in [4.78, 5) is 39.8. The molecule has 1 heterocycles. The van der Waals surface area contributed by atoms with Crippen LogP contribution in [0.4, 0.5) is 5.82 Å². The second-order valence-corrected chi connectivity index (χ2v) is 6.50. The van der Waals surface area contributed by atoms with Crippen molar-refractivity contribution in [3.63, 3.8) is 0 Å². The number of nitrogens with zero attached hydrogens (tertiary/aromatic N) is 1. The van der Waals surface area contributed by atoms with Gasteiger partial charge in [-0.1, -0.05) is 40.9 Å². The molecule has 2 rings (SSSR count). The number of carbonyl (C=O) groups excluding carboxylic acids is 3. The number of anilines is 1. The van der Waals surface area contributed by atoms with Gasteiger partial charge in [0, 0.05) is 11.8 Å². The highest BCUT2D eigenvalue weighted by Crippen LogP contribution is 2.22. The molecule has 0 fully saturated rings. The summed E-state index contributed by atoms with van der Waals surface area (Å²) in [6.45, 7) is 2.87. The van der Waals surface area contributed by atoms with Gasteiger partial charge in [-0.15, -0.1) is 0 Å². The lowest BCUT2D eigenvalue weighted by Gasteiger charge is -2.14. The molecule has 0 bridgehead atoms. The average molecular weight is 410 g/mol. The predicted octanol–water partition coefficient (Wildman–Crippen LogP) is 3.00. The minimum Gasteiger partial charge on any atom is -0.451 e. The van der Waals surface area contributed by atoms with E-state index in [1.54, 1.807) is 18.2 Å². The van der Waals surface area contributed by atoms with E-state index in [1.807, 2.05) is 13.0 Å². The zero-order chi connectivity index (χ0) is 20.0. The van der Waals surface area contributed by atoms with E-state index in [2.05, 4.69) is 15.6 Å². The van der Waals surface area contributed by atoms with Crippen LogP contribution in [0.2, 0.25) is 10.0 Å². The number of carbonyl (C=O) groups is 3. The molecular formula is C18H17Cl2N3O4. The third-order valence-electron chi connectivity index (χ3n) is 3.40. The van der Waals surface area contributed by atoms with Crippen LogP contribution < -0.4 is 10.6 Å². The molecule has 1 aromatic carbocycles. The normalized spacial score (nSPS) is 11.4. The second kappa shape index (κ2) is 9.34. The van der Waals surface area contributed by atoms with Gasteiger partial charge < -0.3 is 15.4 Å². The SMILES string of the molecule is Cc1cccc(C(=O)NCC(=O)O[C@H](C)C(=O)Nc2ncc(Cl)cc2Cl)c1. The third kappa shape index (κ3) is 6.23. The van der Waals surface area contributed by atoms with Crippen molar-refractivity contribution in [2.24, 2.45) is 0 Å². The highest BCUT2D eigenvalue weighted by Gasteiger charge is 2.20. The van der Waals surface area contributed by atoms with Crippen LogP contribution in [0.15, 0.2) is 36.5 Å². The summed E-state index contributed by atoms with van der Waals surface area (Å²) in [5.74, 6) is -1.69. The summed E-state index contributed by atoms with van der Waals surface area (Å²) >= 11 is 11.7. The maximum Gasteiger partial charge on any atom is 0.326 e. The van der Waals surface area contributed by atoms with Crippen molar-refractivity contribution in [2.75, 3.05) is 11.9 Å². The molecule has 27 heavy (non-hydrogen) atoms. The largest absolute Gasteiger partial charge is 0.451 e. The maximum absolute atomic E-state index is 12.1. The Hall–Kier alpha value is -2.64. The highest BCUT2D eigenvalue weighted by molar-refractivity contribution is 6.36. The molecule has 0 aliphatic heterocycles. The van der Waals surface area contributed by atoms with E-state index in [-0.39, 0.29) is 17.4 Å². The molecule has 142 valence electrons. The first-order valence-electron chi connectivity index (χ1n) is 7.92. The first-order chi connectivity index (χ1) is 12.8. The lowest BCUT2D eigenvalue weighted by Crippen LogP contribution is -2.36. The Kier molecular flexibility index (Phi) is 7.15. The Morgan fingerprint density at radius 2 is 1.96 bits per heavy atom. The third-order valence-corrected chi connectivity index (χ3v) is 3.90. The molecule has 1 atom stereocenters. The quantitative estimate of drug-likeness (QED) is 0.714. The fourth-order valence-corrected chi connectivity index (χ4v) is 2.49. The van der Waals surface area contributed by atoms with Crippen molar-refractivity contribution < 1.29 is 19.1 Å². The fourth-order valence-electron chi connectivity index (χ4n) is 2.06. The molecule has 2 aromatic rings. The van der Waals surface area contributed by atoms with E-state index in [4.69, 9.17) is 27.9 Å². The van der Waals surface area contributed by atoms with E-state index in [0.29, 0.717) is 10.6 Å². The molecule has 0 saturated carbocycles. The number of amides is 2. The van der Waals surface area contributed by atoms with E-state index in [9.17, 15) is 14.4 Å². The molecule has 0 spiro atoms. The van der Waals surface area contributed by atoms with Gasteiger partial charge in [0.1, 0.15) is 6.54 Å². The molecular weight excluding hydrogens is 393 g/mol. The van der Waals surface area contributed by atoms with Crippen molar-refractivity contribution in [3.8, 4) is 0 Å². The monoisotopic (exact) mass is 409 g/mol. The number of aromatic nitrogens is 1. The van der Waals surface area contributed by atoms with Crippen molar-refractivity contribution in [3.05, 3.63) is 57.7 Å². The topological polar surface area (TPSA) is 97.4 Å². The van der Waals surface area contributed by atoms with Crippen LogP contribution in [-0.4, -0.2) is 35.4 Å². The van der Waals surface area contributed by atoms with Crippen molar-refractivity contribution in [2.45, 2.75) is 20.0 Å². The Bertz CT molecular complexity index is 873. The Morgan fingerprint density at radius 3 is 2.63 bits per heavy atom. The molecule has 2 N–H and O–H groups in total. The number of benzene rings is 1. The van der Waals surface area contributed by atoms with Crippen LogP contribution in [0.1, 0.15) is 22.8 Å². The van der Waals surface area contributed by atoms with Crippen LogP contribution in [0, 0.1) is 6.92 Å². The van der Waals surface area contributed by atoms with Gasteiger partial charge in [-0.3, -0.25) is 14.4 Å². The number of hydrogen-bond acceptors (Lipinski definition) is 5. The molecule has 0 saturated heterocycles. The van der Waals surface area contributed by atoms with E-state index >= 15 is 0 Å². The van der Waals surface area contributed by atoms with Crippen LogP contribution >= 0.6 is 23.2 Å². The highest BCUT2D eigenvalue weighted by atomic mass is 35.5. The van der Waals surface area contributed by atoms with Crippen molar-refractivity contribution >= 4 is 46.8 Å². The summed E-state index contributed by atoms with van der Waals surface area (Å²) in [6.07, 6.45) is 0.211. The fraction of sp³-hybridized carbons (Fsp3) is 0.222. The number of aryl methyl sites for hydroxylation is 1. The number of nitrogens with one attached hydrogen (secondary N) is 2. The second-order valence-electron chi connectivity index (χ2n) is 5.66. The average Bonchev–Trinajstić information content (AvgIpc) is 2.61. The zero-order valence-electron chi connectivity index (χ0n) is 14.6. The van der Waals surface area contributed by atoms with Gasteiger partial charge >= 0.3 is 5.97 Å². The van der Waals surface area contributed by atoms with Crippen LogP contribution in [0.25, 0.3) is 0 Å². The molecule has 2 amide bonds. The van der Waals surface area contributed by atoms with Crippen molar-refractivity contribution in [1.29, 1.82) is 0 Å². The van der Waals surface area contributed by atoms with E-state index in [0.717, 1.165) is 5.56 Å². The minimum atomic E-state index is -1.11. The van der Waals surface area contributed by atoms with Gasteiger partial charge in [-0.05, 0) is 32.0 Å². The number of ether oxygens (including phenoxy) is 1. The summed E-state index contributed by atoms with van der Waals surface area (Å²) in [5.41, 5.74) is 1.35. The van der Waals surface area contributed by atoms with Crippen molar-refractivity contribution in [1.82, 2.24) is 10.3 Å². The van der Waals surface area contributed by atoms with Crippen LogP contribution in [0.3, 0.4) is 0 Å². The molecule has 0 aliphatic carbocycles. The van der Waals surface area contributed by atoms with Gasteiger partial charge in [0.15, 0.2) is 11.9 Å². The summed E-state index contributed by atoms with van der Waals surface area (Å²) in [6, 6.07) is 8.34. The number of pyridine rings is 1. The molecule has 0 radical (unpaired) electrons. The molecule has 1 aromatic heterocycles. The van der Waals surface area contributed by atoms with E-state index < -0.39 is 23.9 Å². The number of halogens is 2. The molecule has 9 heteroatoms. The number of hydrogen-bond donors (Lipinski definition) is 2.